The van der Waals surface area contributed by atoms with E-state index in [1.165, 1.54) is 55.2 Å². The second kappa shape index (κ2) is 12.5. The third-order valence-electron chi connectivity index (χ3n) is 8.69. The van der Waals surface area contributed by atoms with E-state index in [-0.39, 0.29) is 0 Å². The first-order chi connectivity index (χ1) is 20.5. The molecule has 5 heteroatoms. The van der Waals surface area contributed by atoms with Gasteiger partial charge in [0.05, 0.1) is 16.1 Å². The van der Waals surface area contributed by atoms with Crippen LogP contribution in [-0.2, 0) is 12.1 Å². The average molecular weight is 617 g/mol. The first-order valence-electron chi connectivity index (χ1n) is 16.0. The molecule has 2 aromatic heterocycles. The van der Waals surface area contributed by atoms with E-state index in [1.807, 2.05) is 0 Å². The summed E-state index contributed by atoms with van der Waals surface area (Å²) in [6, 6.07) is 36.1. The molecule has 4 aromatic rings. The number of aromatic nitrogens is 2. The normalized spacial score (nSPS) is 15.3. The standard InChI is InChI=1S/C38H48N2Si3/c1-9-43(10-2)37(31-21-23-33(39-25-31)27-41(3,4)5)35(29-17-13-11-14-18-29)36(30-19-15-12-16-20-30)38(43)32-22-24-34(40-26-32)28-42(6,7)8/h11-26H,9-10,27-28H2,1-8H3. The molecule has 0 spiro atoms. The first kappa shape index (κ1) is 31.3. The average Bonchev–Trinajstić information content (AvgIpc) is 3.29. The van der Waals surface area contributed by atoms with E-state index in [0.717, 1.165) is 24.2 Å². The summed E-state index contributed by atoms with van der Waals surface area (Å²) in [6.45, 7) is 19.4. The Morgan fingerprint density at radius 2 is 0.860 bits per heavy atom. The molecule has 0 aliphatic carbocycles. The van der Waals surface area contributed by atoms with E-state index in [2.05, 4.69) is 150 Å². The number of pyridine rings is 2. The minimum absolute atomic E-state index is 1.11. The Morgan fingerprint density at radius 3 is 1.14 bits per heavy atom. The van der Waals surface area contributed by atoms with Gasteiger partial charge in [0.1, 0.15) is 8.07 Å². The number of rotatable bonds is 10. The van der Waals surface area contributed by atoms with Gasteiger partial charge < -0.3 is 0 Å². The van der Waals surface area contributed by atoms with Crippen LogP contribution >= 0.6 is 0 Å². The second-order valence-corrected chi connectivity index (χ2v) is 30.1. The molecule has 0 bridgehead atoms. The van der Waals surface area contributed by atoms with Crippen LogP contribution in [0.1, 0.15) is 47.5 Å². The topological polar surface area (TPSA) is 25.8 Å². The van der Waals surface area contributed by atoms with E-state index in [1.54, 1.807) is 0 Å². The zero-order chi connectivity index (χ0) is 30.8. The third-order valence-corrected chi connectivity index (χ3v) is 16.9. The van der Waals surface area contributed by atoms with Crippen molar-refractivity contribution in [2.75, 3.05) is 0 Å². The number of hydrogen-bond donors (Lipinski definition) is 0. The largest absolute Gasteiger partial charge is 0.261 e. The summed E-state index contributed by atoms with van der Waals surface area (Å²) >= 11 is 0. The SMILES string of the molecule is CC[Si]1(CC)C(c2ccc(C[Si](C)(C)C)nc2)=C(c2ccccc2)C(c2ccccc2)=C1c1ccc(C[Si](C)(C)C)nc1. The summed E-state index contributed by atoms with van der Waals surface area (Å²) in [5, 5.41) is 3.08. The van der Waals surface area contributed by atoms with Crippen molar-refractivity contribution in [1.29, 1.82) is 0 Å². The lowest BCUT2D eigenvalue weighted by atomic mass is 9.89. The fourth-order valence-electron chi connectivity index (χ4n) is 6.88. The van der Waals surface area contributed by atoms with Crippen molar-refractivity contribution >= 4 is 45.8 Å². The molecule has 0 saturated carbocycles. The highest BCUT2D eigenvalue weighted by molar-refractivity contribution is 7.14. The van der Waals surface area contributed by atoms with Crippen molar-refractivity contribution in [2.45, 2.75) is 77.3 Å². The van der Waals surface area contributed by atoms with Crippen LogP contribution in [0.5, 0.6) is 0 Å². The van der Waals surface area contributed by atoms with Gasteiger partial charge in [0, 0.05) is 23.8 Å². The van der Waals surface area contributed by atoms with Gasteiger partial charge in [0.15, 0.2) is 0 Å². The Bertz CT molecular complexity index is 1480. The maximum absolute atomic E-state index is 5.11. The summed E-state index contributed by atoms with van der Waals surface area (Å²) in [4.78, 5) is 10.2. The van der Waals surface area contributed by atoms with Gasteiger partial charge in [-0.1, -0.05) is 138 Å². The fourth-order valence-corrected chi connectivity index (χ4v) is 14.5. The summed E-state index contributed by atoms with van der Waals surface area (Å²) in [5.41, 5.74) is 10.4. The van der Waals surface area contributed by atoms with Crippen LogP contribution in [0.3, 0.4) is 0 Å². The highest BCUT2D eigenvalue weighted by Crippen LogP contribution is 2.58. The molecular formula is C38H48N2Si3. The molecule has 43 heavy (non-hydrogen) atoms. The fraction of sp³-hybridized carbons (Fsp3) is 0.316. The minimum atomic E-state index is -2.24. The highest BCUT2D eigenvalue weighted by Gasteiger charge is 2.48. The lowest BCUT2D eigenvalue weighted by molar-refractivity contribution is 1.13. The molecule has 2 nitrogen and oxygen atoms in total. The molecule has 1 aliphatic rings. The van der Waals surface area contributed by atoms with Crippen LogP contribution < -0.4 is 0 Å². The Balaban J connectivity index is 1.81. The van der Waals surface area contributed by atoms with E-state index in [0.29, 0.717) is 0 Å². The summed E-state index contributed by atoms with van der Waals surface area (Å²) < 4.78 is 0. The molecule has 0 N–H and O–H groups in total. The Hall–Kier alpha value is -3.13. The van der Waals surface area contributed by atoms with Crippen LogP contribution in [0.15, 0.2) is 97.3 Å². The zero-order valence-electron chi connectivity index (χ0n) is 27.5. The highest BCUT2D eigenvalue weighted by atomic mass is 28.3. The smallest absolute Gasteiger partial charge is 0.121 e. The van der Waals surface area contributed by atoms with Crippen LogP contribution in [-0.4, -0.2) is 34.2 Å². The molecule has 222 valence electrons. The maximum Gasteiger partial charge on any atom is 0.121 e. The molecule has 0 unspecified atom stereocenters. The molecule has 0 fully saturated rings. The predicted molar refractivity (Wildman–Crippen MR) is 196 cm³/mol. The Kier molecular flexibility index (Phi) is 9.07. The van der Waals surface area contributed by atoms with Crippen molar-refractivity contribution in [3.8, 4) is 0 Å². The van der Waals surface area contributed by atoms with Crippen molar-refractivity contribution in [3.63, 3.8) is 0 Å². The molecular weight excluding hydrogens is 569 g/mol. The number of nitrogens with zero attached hydrogens (tertiary/aromatic N) is 2. The molecule has 0 saturated heterocycles. The molecule has 1 aliphatic heterocycles. The van der Waals surface area contributed by atoms with E-state index < -0.39 is 24.2 Å². The summed E-state index contributed by atoms with van der Waals surface area (Å²) in [5.74, 6) is 0. The van der Waals surface area contributed by atoms with Crippen LogP contribution in [0.2, 0.25) is 51.4 Å². The number of hydrogen-bond acceptors (Lipinski definition) is 2. The molecule has 0 atom stereocenters. The number of benzene rings is 2. The van der Waals surface area contributed by atoms with E-state index in [4.69, 9.17) is 9.97 Å². The van der Waals surface area contributed by atoms with Crippen molar-refractivity contribution in [2.24, 2.45) is 0 Å². The summed E-state index contributed by atoms with van der Waals surface area (Å²) in [7, 11) is -4.77. The van der Waals surface area contributed by atoms with Gasteiger partial charge in [-0.2, -0.15) is 0 Å². The van der Waals surface area contributed by atoms with Crippen LogP contribution in [0.4, 0.5) is 0 Å². The first-order valence-corrected chi connectivity index (χ1v) is 25.8. The molecule has 0 radical (unpaired) electrons. The van der Waals surface area contributed by atoms with E-state index in [9.17, 15) is 0 Å². The summed E-state index contributed by atoms with van der Waals surface area (Å²) in [6.07, 6.45) is 4.39. The van der Waals surface area contributed by atoms with Crippen LogP contribution in [0.25, 0.3) is 21.5 Å². The van der Waals surface area contributed by atoms with Gasteiger partial charge in [0.2, 0.25) is 0 Å². The maximum atomic E-state index is 5.11. The monoisotopic (exact) mass is 616 g/mol. The second-order valence-electron chi connectivity index (χ2n) is 14.6. The molecule has 0 amide bonds. The molecule has 2 aromatic carbocycles. The number of allylic oxidation sites excluding steroid dienone is 2. The lowest BCUT2D eigenvalue weighted by Gasteiger charge is -2.33. The van der Waals surface area contributed by atoms with Gasteiger partial charge in [-0.15, -0.1) is 0 Å². The Morgan fingerprint density at radius 1 is 0.488 bits per heavy atom. The van der Waals surface area contributed by atoms with Crippen molar-refractivity contribution in [1.82, 2.24) is 9.97 Å². The van der Waals surface area contributed by atoms with Gasteiger partial charge in [-0.25, -0.2) is 0 Å². The predicted octanol–water partition coefficient (Wildman–Crippen LogP) is 10.4. The lowest BCUT2D eigenvalue weighted by Crippen LogP contribution is -2.35. The Labute approximate surface area is 263 Å². The third kappa shape index (κ3) is 6.69. The molecule has 5 rings (SSSR count). The van der Waals surface area contributed by atoms with Gasteiger partial charge in [-0.05, 0) is 68.0 Å². The van der Waals surface area contributed by atoms with Crippen molar-refractivity contribution in [3.05, 3.63) is 131 Å². The van der Waals surface area contributed by atoms with Crippen molar-refractivity contribution < 1.29 is 0 Å². The zero-order valence-corrected chi connectivity index (χ0v) is 30.5. The van der Waals surface area contributed by atoms with Gasteiger partial charge >= 0.3 is 0 Å². The quantitative estimate of drug-likeness (QED) is 0.166. The van der Waals surface area contributed by atoms with Crippen LogP contribution in [0, 0.1) is 0 Å². The minimum Gasteiger partial charge on any atom is -0.261 e. The van der Waals surface area contributed by atoms with Gasteiger partial charge in [-0.3, -0.25) is 9.97 Å². The molecule has 3 heterocycles. The van der Waals surface area contributed by atoms with Gasteiger partial charge in [0.25, 0.3) is 0 Å². The van der Waals surface area contributed by atoms with E-state index >= 15 is 0 Å².